The molecule has 1 aromatic heterocycles. The van der Waals surface area contributed by atoms with Gasteiger partial charge in [-0.15, -0.1) is 11.3 Å². The molecular weight excluding hydrogens is 196 g/mol. The number of aromatic nitrogens is 1. The third-order valence-electron chi connectivity index (χ3n) is 2.15. The fourth-order valence-corrected chi connectivity index (χ4v) is 1.83. The van der Waals surface area contributed by atoms with E-state index in [9.17, 15) is 0 Å². The van der Waals surface area contributed by atoms with Crippen molar-refractivity contribution in [3.8, 4) is 0 Å². The van der Waals surface area contributed by atoms with E-state index < -0.39 is 0 Å². The van der Waals surface area contributed by atoms with Crippen molar-refractivity contribution in [3.63, 3.8) is 0 Å². The van der Waals surface area contributed by atoms with Crippen molar-refractivity contribution < 1.29 is 5.11 Å². The van der Waals surface area contributed by atoms with Gasteiger partial charge in [-0.2, -0.15) is 0 Å². The minimum absolute atomic E-state index is 0.159. The Morgan fingerprint density at radius 3 is 2.93 bits per heavy atom. The summed E-state index contributed by atoms with van der Waals surface area (Å²) in [5, 5.41) is 15.3. The Balaban J connectivity index is 2.20. The summed E-state index contributed by atoms with van der Waals surface area (Å²) in [5.41, 5.74) is 0.159. The van der Waals surface area contributed by atoms with E-state index in [1.807, 2.05) is 11.6 Å². The number of aliphatic hydroxyl groups is 1. The van der Waals surface area contributed by atoms with Gasteiger partial charge in [-0.25, -0.2) is 4.98 Å². The van der Waals surface area contributed by atoms with Crippen LogP contribution < -0.4 is 5.32 Å². The predicted octanol–water partition coefficient (Wildman–Crippen LogP) is 1.64. The fraction of sp³-hybridized carbons (Fsp3) is 0.700. The van der Waals surface area contributed by atoms with E-state index in [1.54, 1.807) is 11.3 Å². The Bertz CT molecular complexity index is 247. The Morgan fingerprint density at radius 1 is 1.57 bits per heavy atom. The number of hydrogen-bond donors (Lipinski definition) is 2. The number of hydrogen-bond acceptors (Lipinski definition) is 4. The Labute approximate surface area is 89.2 Å². The molecule has 1 aromatic rings. The predicted molar refractivity (Wildman–Crippen MR) is 59.3 cm³/mol. The van der Waals surface area contributed by atoms with Crippen LogP contribution >= 0.6 is 11.3 Å². The lowest BCUT2D eigenvalue weighted by molar-refractivity contribution is 0.207. The van der Waals surface area contributed by atoms with E-state index in [1.165, 1.54) is 0 Å². The van der Waals surface area contributed by atoms with E-state index >= 15 is 0 Å². The molecule has 0 aliphatic carbocycles. The molecule has 14 heavy (non-hydrogen) atoms. The molecule has 4 heteroatoms. The van der Waals surface area contributed by atoms with E-state index in [0.717, 1.165) is 24.5 Å². The third kappa shape index (κ3) is 4.17. The van der Waals surface area contributed by atoms with Gasteiger partial charge in [0.25, 0.3) is 0 Å². The zero-order valence-electron chi connectivity index (χ0n) is 8.79. The van der Waals surface area contributed by atoms with Gasteiger partial charge in [-0.3, -0.25) is 0 Å². The molecule has 0 amide bonds. The number of aliphatic hydroxyl groups excluding tert-OH is 1. The standard InChI is InChI=1S/C10H18N2OS/c1-10(2,3-5-13)8-11-7-9-12-4-6-14-9/h4,6,11,13H,3,5,7-8H2,1-2H3. The Hall–Kier alpha value is -0.450. The SMILES string of the molecule is CC(C)(CCO)CNCc1nccs1. The van der Waals surface area contributed by atoms with Crippen LogP contribution in [0.1, 0.15) is 25.3 Å². The summed E-state index contributed by atoms with van der Waals surface area (Å²) in [7, 11) is 0. The molecule has 2 N–H and O–H groups in total. The van der Waals surface area contributed by atoms with Gasteiger partial charge in [-0.05, 0) is 11.8 Å². The summed E-state index contributed by atoms with van der Waals surface area (Å²) in [5.74, 6) is 0. The van der Waals surface area contributed by atoms with Crippen LogP contribution in [0.2, 0.25) is 0 Å². The molecule has 1 heterocycles. The van der Waals surface area contributed by atoms with Gasteiger partial charge in [0, 0.05) is 31.3 Å². The van der Waals surface area contributed by atoms with Gasteiger partial charge in [0.1, 0.15) is 5.01 Å². The first-order chi connectivity index (χ1) is 6.64. The second-order valence-electron chi connectivity index (χ2n) is 4.17. The first-order valence-electron chi connectivity index (χ1n) is 4.84. The van der Waals surface area contributed by atoms with Gasteiger partial charge in [0.2, 0.25) is 0 Å². The maximum absolute atomic E-state index is 8.85. The lowest BCUT2D eigenvalue weighted by Gasteiger charge is -2.23. The van der Waals surface area contributed by atoms with Crippen LogP contribution in [-0.4, -0.2) is 23.2 Å². The molecule has 0 fully saturated rings. The topological polar surface area (TPSA) is 45.1 Å². The van der Waals surface area contributed by atoms with Gasteiger partial charge >= 0.3 is 0 Å². The highest BCUT2D eigenvalue weighted by Crippen LogP contribution is 2.18. The van der Waals surface area contributed by atoms with Crippen molar-refractivity contribution in [2.45, 2.75) is 26.8 Å². The Morgan fingerprint density at radius 2 is 2.36 bits per heavy atom. The normalized spacial score (nSPS) is 11.9. The summed E-state index contributed by atoms with van der Waals surface area (Å²) in [6.45, 7) is 6.29. The molecule has 0 radical (unpaired) electrons. The van der Waals surface area contributed by atoms with Gasteiger partial charge in [0.05, 0.1) is 0 Å². The molecule has 1 rings (SSSR count). The highest BCUT2D eigenvalue weighted by molar-refractivity contribution is 7.09. The first-order valence-corrected chi connectivity index (χ1v) is 5.72. The van der Waals surface area contributed by atoms with E-state index in [-0.39, 0.29) is 12.0 Å². The average molecular weight is 214 g/mol. The molecule has 0 saturated heterocycles. The van der Waals surface area contributed by atoms with E-state index in [4.69, 9.17) is 5.11 Å². The summed E-state index contributed by atoms with van der Waals surface area (Å²) >= 11 is 1.66. The highest BCUT2D eigenvalue weighted by Gasteiger charge is 2.16. The zero-order valence-corrected chi connectivity index (χ0v) is 9.60. The van der Waals surface area contributed by atoms with Crippen molar-refractivity contribution in [3.05, 3.63) is 16.6 Å². The van der Waals surface area contributed by atoms with Crippen molar-refractivity contribution in [1.29, 1.82) is 0 Å². The van der Waals surface area contributed by atoms with Gasteiger partial charge < -0.3 is 10.4 Å². The lowest BCUT2D eigenvalue weighted by Crippen LogP contribution is -2.29. The molecular formula is C10H18N2OS. The molecule has 0 spiro atoms. The average Bonchev–Trinajstić information content (AvgIpc) is 2.56. The maximum atomic E-state index is 8.85. The molecule has 0 unspecified atom stereocenters. The Kier molecular flexibility index (Phi) is 4.51. The van der Waals surface area contributed by atoms with Gasteiger partial charge in [0.15, 0.2) is 0 Å². The summed E-state index contributed by atoms with van der Waals surface area (Å²) in [6, 6.07) is 0. The second-order valence-corrected chi connectivity index (χ2v) is 5.15. The molecule has 80 valence electrons. The molecule has 0 atom stereocenters. The number of rotatable bonds is 6. The minimum Gasteiger partial charge on any atom is -0.396 e. The molecule has 3 nitrogen and oxygen atoms in total. The smallest absolute Gasteiger partial charge is 0.106 e. The third-order valence-corrected chi connectivity index (χ3v) is 2.93. The van der Waals surface area contributed by atoms with Crippen LogP contribution in [0, 0.1) is 5.41 Å². The molecule has 0 aliphatic heterocycles. The zero-order chi connectivity index (χ0) is 10.4. The summed E-state index contributed by atoms with van der Waals surface area (Å²) in [4.78, 5) is 4.19. The van der Waals surface area contributed by atoms with Crippen LogP contribution in [0.4, 0.5) is 0 Å². The van der Waals surface area contributed by atoms with Gasteiger partial charge in [-0.1, -0.05) is 13.8 Å². The quantitative estimate of drug-likeness (QED) is 0.756. The molecule has 0 saturated carbocycles. The van der Waals surface area contributed by atoms with Crippen LogP contribution in [-0.2, 0) is 6.54 Å². The van der Waals surface area contributed by atoms with E-state index in [0.29, 0.717) is 0 Å². The molecule has 0 bridgehead atoms. The number of nitrogens with one attached hydrogen (secondary N) is 1. The van der Waals surface area contributed by atoms with Crippen molar-refractivity contribution >= 4 is 11.3 Å². The lowest BCUT2D eigenvalue weighted by atomic mass is 9.90. The van der Waals surface area contributed by atoms with Crippen molar-refractivity contribution in [1.82, 2.24) is 10.3 Å². The fourth-order valence-electron chi connectivity index (χ4n) is 1.24. The number of thiazole rings is 1. The van der Waals surface area contributed by atoms with Crippen LogP contribution in [0.5, 0.6) is 0 Å². The van der Waals surface area contributed by atoms with Crippen LogP contribution in [0.15, 0.2) is 11.6 Å². The second kappa shape index (κ2) is 5.44. The summed E-state index contributed by atoms with van der Waals surface area (Å²) < 4.78 is 0. The van der Waals surface area contributed by atoms with Crippen molar-refractivity contribution in [2.75, 3.05) is 13.2 Å². The number of nitrogens with zero attached hydrogens (tertiary/aromatic N) is 1. The largest absolute Gasteiger partial charge is 0.396 e. The summed E-state index contributed by atoms with van der Waals surface area (Å²) in [6.07, 6.45) is 2.65. The van der Waals surface area contributed by atoms with E-state index in [2.05, 4.69) is 24.1 Å². The first kappa shape index (κ1) is 11.6. The van der Waals surface area contributed by atoms with Crippen molar-refractivity contribution in [2.24, 2.45) is 5.41 Å². The molecule has 0 aromatic carbocycles. The maximum Gasteiger partial charge on any atom is 0.106 e. The monoisotopic (exact) mass is 214 g/mol. The van der Waals surface area contributed by atoms with Crippen LogP contribution in [0.3, 0.4) is 0 Å². The minimum atomic E-state index is 0.159. The highest BCUT2D eigenvalue weighted by atomic mass is 32.1. The van der Waals surface area contributed by atoms with Crippen LogP contribution in [0.25, 0.3) is 0 Å². The molecule has 0 aliphatic rings.